The van der Waals surface area contributed by atoms with Gasteiger partial charge in [0.1, 0.15) is 18.8 Å². The number of amides is 1. The van der Waals surface area contributed by atoms with Crippen LogP contribution in [0.1, 0.15) is 10.5 Å². The Hall–Kier alpha value is -2.38. The van der Waals surface area contributed by atoms with E-state index in [1.54, 1.807) is 0 Å². The van der Waals surface area contributed by atoms with Gasteiger partial charge in [-0.2, -0.15) is 0 Å². The lowest BCUT2D eigenvalue weighted by molar-refractivity contribution is -0.140. The topological polar surface area (TPSA) is 124 Å². The molecule has 0 fully saturated rings. The van der Waals surface area contributed by atoms with Crippen LogP contribution in [0.25, 0.3) is 0 Å². The first-order valence-corrected chi connectivity index (χ1v) is 4.22. The van der Waals surface area contributed by atoms with E-state index >= 15 is 0 Å². The van der Waals surface area contributed by atoms with E-state index in [4.69, 9.17) is 10.2 Å². The van der Waals surface area contributed by atoms with E-state index in [0.29, 0.717) is 4.90 Å². The number of aliphatic carboxylic acids is 2. The van der Waals surface area contributed by atoms with Crippen LogP contribution in [-0.4, -0.2) is 56.0 Å². The number of imidazole rings is 1. The van der Waals surface area contributed by atoms with Crippen LogP contribution in [0.15, 0.2) is 12.5 Å². The molecule has 0 atom stereocenters. The summed E-state index contributed by atoms with van der Waals surface area (Å²) in [5.74, 6) is -3.29. The molecule has 8 nitrogen and oxygen atoms in total. The van der Waals surface area contributed by atoms with Gasteiger partial charge in [0.2, 0.25) is 0 Å². The number of carbonyl (C=O) groups is 3. The zero-order valence-electron chi connectivity index (χ0n) is 8.08. The summed E-state index contributed by atoms with van der Waals surface area (Å²) in [5.41, 5.74) is 0.0440. The SMILES string of the molecule is O=C(O)CN(CC(=O)O)C(=O)c1cnc[nH]1. The molecule has 0 aliphatic carbocycles. The van der Waals surface area contributed by atoms with Crippen molar-refractivity contribution in [2.75, 3.05) is 13.1 Å². The molecule has 16 heavy (non-hydrogen) atoms. The van der Waals surface area contributed by atoms with E-state index in [1.807, 2.05) is 0 Å². The van der Waals surface area contributed by atoms with Crippen LogP contribution in [-0.2, 0) is 9.59 Å². The molecule has 1 aromatic heterocycles. The molecular weight excluding hydrogens is 218 g/mol. The van der Waals surface area contributed by atoms with Crippen molar-refractivity contribution in [1.29, 1.82) is 0 Å². The Morgan fingerprint density at radius 1 is 1.25 bits per heavy atom. The monoisotopic (exact) mass is 227 g/mol. The van der Waals surface area contributed by atoms with Gasteiger partial charge in [0.25, 0.3) is 5.91 Å². The maximum Gasteiger partial charge on any atom is 0.323 e. The van der Waals surface area contributed by atoms with Gasteiger partial charge in [-0.05, 0) is 0 Å². The number of nitrogens with one attached hydrogen (secondary N) is 1. The first kappa shape index (κ1) is 11.7. The normalized spacial score (nSPS) is 9.75. The molecule has 0 radical (unpaired) electrons. The average Bonchev–Trinajstić information content (AvgIpc) is 2.66. The summed E-state index contributed by atoms with van der Waals surface area (Å²) in [5, 5.41) is 17.1. The molecule has 0 saturated heterocycles. The second-order valence-corrected chi connectivity index (χ2v) is 2.91. The third-order valence-corrected chi connectivity index (χ3v) is 1.67. The van der Waals surface area contributed by atoms with Crippen molar-refractivity contribution in [2.45, 2.75) is 0 Å². The Kier molecular flexibility index (Phi) is 3.59. The van der Waals surface area contributed by atoms with Gasteiger partial charge in [-0.25, -0.2) is 4.98 Å². The summed E-state index contributed by atoms with van der Waals surface area (Å²) in [7, 11) is 0. The van der Waals surface area contributed by atoms with Crippen molar-refractivity contribution < 1.29 is 24.6 Å². The average molecular weight is 227 g/mol. The number of rotatable bonds is 5. The lowest BCUT2D eigenvalue weighted by Crippen LogP contribution is -2.39. The molecule has 3 N–H and O–H groups in total. The van der Waals surface area contributed by atoms with Crippen LogP contribution in [0, 0.1) is 0 Å². The molecule has 0 aromatic carbocycles. The molecule has 86 valence electrons. The van der Waals surface area contributed by atoms with E-state index < -0.39 is 30.9 Å². The van der Waals surface area contributed by atoms with Gasteiger partial charge < -0.3 is 20.1 Å². The van der Waals surface area contributed by atoms with Crippen LogP contribution >= 0.6 is 0 Å². The number of aromatic amines is 1. The molecule has 0 aliphatic heterocycles. The third kappa shape index (κ3) is 3.08. The largest absolute Gasteiger partial charge is 0.480 e. The number of nitrogens with zero attached hydrogens (tertiary/aromatic N) is 2. The minimum atomic E-state index is -1.28. The first-order chi connectivity index (χ1) is 7.50. The molecule has 1 rings (SSSR count). The van der Waals surface area contributed by atoms with Gasteiger partial charge in [0.15, 0.2) is 0 Å². The molecular formula is C8H9N3O5. The fourth-order valence-electron chi connectivity index (χ4n) is 1.07. The molecule has 0 spiro atoms. The predicted molar refractivity (Wildman–Crippen MR) is 49.8 cm³/mol. The Morgan fingerprint density at radius 2 is 1.81 bits per heavy atom. The second kappa shape index (κ2) is 4.91. The number of carboxylic acid groups (broad SMARTS) is 2. The Morgan fingerprint density at radius 3 is 2.19 bits per heavy atom. The molecule has 0 saturated carbocycles. The second-order valence-electron chi connectivity index (χ2n) is 2.91. The fraction of sp³-hybridized carbons (Fsp3) is 0.250. The predicted octanol–water partition coefficient (Wildman–Crippen LogP) is -0.979. The van der Waals surface area contributed by atoms with Gasteiger partial charge in [-0.1, -0.05) is 0 Å². The number of H-pyrrole nitrogens is 1. The standard InChI is InChI=1S/C8H9N3O5/c12-6(13)2-11(3-7(14)15)8(16)5-1-9-4-10-5/h1,4H,2-3H2,(H,9,10)(H,12,13)(H,14,15). The zero-order chi connectivity index (χ0) is 12.1. The lowest BCUT2D eigenvalue weighted by atomic mass is 10.3. The van der Waals surface area contributed by atoms with E-state index in [2.05, 4.69) is 9.97 Å². The Labute approximate surface area is 89.5 Å². The highest BCUT2D eigenvalue weighted by Gasteiger charge is 2.21. The molecule has 0 aliphatic rings. The Bertz CT molecular complexity index is 384. The summed E-state index contributed by atoms with van der Waals surface area (Å²) in [6, 6.07) is 0. The highest BCUT2D eigenvalue weighted by Crippen LogP contribution is 2.00. The van der Waals surface area contributed by atoms with Crippen molar-refractivity contribution in [1.82, 2.24) is 14.9 Å². The molecule has 0 unspecified atom stereocenters. The molecule has 0 bridgehead atoms. The van der Waals surface area contributed by atoms with Gasteiger partial charge >= 0.3 is 11.9 Å². The third-order valence-electron chi connectivity index (χ3n) is 1.67. The van der Waals surface area contributed by atoms with Crippen LogP contribution < -0.4 is 0 Å². The number of hydrogen-bond donors (Lipinski definition) is 3. The summed E-state index contributed by atoms with van der Waals surface area (Å²) in [4.78, 5) is 39.3. The summed E-state index contributed by atoms with van der Waals surface area (Å²) < 4.78 is 0. The zero-order valence-corrected chi connectivity index (χ0v) is 8.08. The minimum absolute atomic E-state index is 0.0440. The fourth-order valence-corrected chi connectivity index (χ4v) is 1.07. The van der Waals surface area contributed by atoms with Crippen molar-refractivity contribution in [3.8, 4) is 0 Å². The van der Waals surface area contributed by atoms with Crippen LogP contribution in [0.2, 0.25) is 0 Å². The smallest absolute Gasteiger partial charge is 0.323 e. The van der Waals surface area contributed by atoms with Gasteiger partial charge in [-0.15, -0.1) is 0 Å². The van der Waals surface area contributed by atoms with Crippen LogP contribution in [0.5, 0.6) is 0 Å². The molecule has 8 heteroatoms. The number of hydrogen-bond acceptors (Lipinski definition) is 4. The van der Waals surface area contributed by atoms with E-state index in [0.717, 1.165) is 0 Å². The van der Waals surface area contributed by atoms with Gasteiger partial charge in [0.05, 0.1) is 12.5 Å². The number of carboxylic acids is 2. The molecule has 1 heterocycles. The summed E-state index contributed by atoms with van der Waals surface area (Å²) in [6.07, 6.45) is 2.44. The first-order valence-electron chi connectivity index (χ1n) is 4.22. The van der Waals surface area contributed by atoms with Gasteiger partial charge in [-0.3, -0.25) is 14.4 Å². The van der Waals surface area contributed by atoms with E-state index in [9.17, 15) is 14.4 Å². The van der Waals surface area contributed by atoms with E-state index in [1.165, 1.54) is 12.5 Å². The highest BCUT2D eigenvalue weighted by atomic mass is 16.4. The quantitative estimate of drug-likeness (QED) is 0.594. The van der Waals surface area contributed by atoms with E-state index in [-0.39, 0.29) is 5.69 Å². The summed E-state index contributed by atoms with van der Waals surface area (Å²) >= 11 is 0. The molecule has 1 aromatic rings. The maximum absolute atomic E-state index is 11.6. The van der Waals surface area contributed by atoms with Gasteiger partial charge in [0, 0.05) is 0 Å². The minimum Gasteiger partial charge on any atom is -0.480 e. The summed E-state index contributed by atoms with van der Waals surface area (Å²) in [6.45, 7) is -1.35. The van der Waals surface area contributed by atoms with Crippen LogP contribution in [0.4, 0.5) is 0 Å². The van der Waals surface area contributed by atoms with Crippen molar-refractivity contribution in [2.24, 2.45) is 0 Å². The van der Waals surface area contributed by atoms with Crippen LogP contribution in [0.3, 0.4) is 0 Å². The van der Waals surface area contributed by atoms with Crippen molar-refractivity contribution in [3.63, 3.8) is 0 Å². The lowest BCUT2D eigenvalue weighted by Gasteiger charge is -2.16. The maximum atomic E-state index is 11.6. The highest BCUT2D eigenvalue weighted by molar-refractivity contribution is 5.95. The number of aromatic nitrogens is 2. The Balaban J connectivity index is 2.79. The number of carbonyl (C=O) groups excluding carboxylic acids is 1. The van der Waals surface area contributed by atoms with Crippen molar-refractivity contribution >= 4 is 17.8 Å². The van der Waals surface area contributed by atoms with Crippen molar-refractivity contribution in [3.05, 3.63) is 18.2 Å². The molecule has 1 amide bonds.